The Balaban J connectivity index is 0.000000640. The van der Waals surface area contributed by atoms with Gasteiger partial charge < -0.3 is 5.43 Å². The molecule has 0 aliphatic carbocycles. The summed E-state index contributed by atoms with van der Waals surface area (Å²) in [5.41, 5.74) is 3.46. The zero-order chi connectivity index (χ0) is 5.82. The molecule has 3 heteroatoms. The van der Waals surface area contributed by atoms with E-state index in [9.17, 15) is 0 Å². The molecule has 1 aromatic carbocycles. The number of nitrogen functional groups attached to an aromatic ring is 1. The lowest BCUT2D eigenvalue weighted by Crippen LogP contribution is -2.05. The molecule has 0 amide bonds. The van der Waals surface area contributed by atoms with Crippen LogP contribution in [0, 0.1) is 0 Å². The van der Waals surface area contributed by atoms with E-state index in [4.69, 9.17) is 5.84 Å². The molecule has 0 spiro atoms. The Morgan fingerprint density at radius 1 is 1.11 bits per heavy atom. The molecule has 3 N–H and O–H groups in total. The molecule has 0 saturated heterocycles. The number of hydrogen-bond donors (Lipinski definition) is 2. The van der Waals surface area contributed by atoms with Crippen LogP contribution >= 0.6 is 0 Å². The number of anilines is 1. The van der Waals surface area contributed by atoms with E-state index in [0.717, 1.165) is 5.69 Å². The van der Waals surface area contributed by atoms with Crippen LogP contribution < -0.4 is 11.3 Å². The first kappa shape index (κ1) is 7.91. The molecule has 0 atom stereocenters. The van der Waals surface area contributed by atoms with Gasteiger partial charge in [0.25, 0.3) is 0 Å². The van der Waals surface area contributed by atoms with Gasteiger partial charge >= 0.3 is 0 Å². The van der Waals surface area contributed by atoms with Gasteiger partial charge in [0.05, 0.1) is 0 Å². The zero-order valence-electron chi connectivity index (χ0n) is 4.87. The van der Waals surface area contributed by atoms with Crippen molar-refractivity contribution in [1.82, 2.24) is 0 Å². The van der Waals surface area contributed by atoms with Crippen molar-refractivity contribution in [2.24, 2.45) is 5.84 Å². The summed E-state index contributed by atoms with van der Waals surface area (Å²) in [4.78, 5) is 0. The fraction of sp³-hybridized carbons (Fsp3) is 0. The van der Waals surface area contributed by atoms with Gasteiger partial charge in [0, 0.05) is 5.69 Å². The number of para-hydroxylation sites is 1. The highest BCUT2D eigenvalue weighted by Gasteiger charge is 1.78. The molecule has 0 aliphatic heterocycles. The maximum Gasteiger partial charge on any atom is 0.0485 e. The third-order valence-corrected chi connectivity index (χ3v) is 0.940. The number of halogens is 1. The van der Waals surface area contributed by atoms with Crippen molar-refractivity contribution in [3.05, 3.63) is 30.3 Å². The standard InChI is InChI=1S/C6H8N2.FH/c7-8-6-4-2-1-3-5-6;/h1-5,8H,7H2;1H. The summed E-state index contributed by atoms with van der Waals surface area (Å²) in [6, 6.07) is 9.60. The van der Waals surface area contributed by atoms with Gasteiger partial charge in [-0.25, -0.2) is 0 Å². The lowest BCUT2D eigenvalue weighted by molar-refractivity contribution is 1.11. The highest BCUT2D eigenvalue weighted by atomic mass is 19.0. The summed E-state index contributed by atoms with van der Waals surface area (Å²) in [5, 5.41) is 0. The second kappa shape index (κ2) is 3.86. The number of hydrogen-bond acceptors (Lipinski definition) is 2. The lowest BCUT2D eigenvalue weighted by Gasteiger charge is -1.94. The van der Waals surface area contributed by atoms with Crippen LogP contribution in [0.2, 0.25) is 0 Å². The fourth-order valence-corrected chi connectivity index (χ4v) is 0.534. The van der Waals surface area contributed by atoms with Gasteiger partial charge in [0.2, 0.25) is 0 Å². The molecule has 0 aliphatic rings. The molecule has 0 saturated carbocycles. The molecule has 0 radical (unpaired) electrons. The van der Waals surface area contributed by atoms with Crippen LogP contribution in [-0.2, 0) is 0 Å². The number of benzene rings is 1. The third-order valence-electron chi connectivity index (χ3n) is 0.940. The zero-order valence-corrected chi connectivity index (χ0v) is 4.87. The fourth-order valence-electron chi connectivity index (χ4n) is 0.534. The van der Waals surface area contributed by atoms with Gasteiger partial charge in [-0.05, 0) is 12.1 Å². The minimum Gasteiger partial charge on any atom is -0.324 e. The van der Waals surface area contributed by atoms with Crippen LogP contribution in [0.5, 0.6) is 0 Å². The molecule has 0 aromatic heterocycles. The van der Waals surface area contributed by atoms with Crippen LogP contribution in [-0.4, -0.2) is 0 Å². The van der Waals surface area contributed by atoms with Crippen molar-refractivity contribution in [2.75, 3.05) is 5.43 Å². The van der Waals surface area contributed by atoms with Crippen molar-refractivity contribution in [1.29, 1.82) is 0 Å². The monoisotopic (exact) mass is 128 g/mol. The molecule has 0 bridgehead atoms. The van der Waals surface area contributed by atoms with E-state index in [2.05, 4.69) is 5.43 Å². The van der Waals surface area contributed by atoms with Gasteiger partial charge in [0.1, 0.15) is 0 Å². The highest BCUT2D eigenvalue weighted by Crippen LogP contribution is 2.00. The quantitative estimate of drug-likeness (QED) is 0.439. The molecule has 1 aromatic rings. The Hall–Kier alpha value is -1.09. The van der Waals surface area contributed by atoms with Crippen LogP contribution in [0.15, 0.2) is 30.3 Å². The molecule has 50 valence electrons. The van der Waals surface area contributed by atoms with Crippen LogP contribution in [0.3, 0.4) is 0 Å². The van der Waals surface area contributed by atoms with Gasteiger partial charge in [-0.1, -0.05) is 18.2 Å². The van der Waals surface area contributed by atoms with Gasteiger partial charge in [-0.2, -0.15) is 0 Å². The number of nitrogens with one attached hydrogen (secondary N) is 1. The normalized spacial score (nSPS) is 7.67. The van der Waals surface area contributed by atoms with E-state index >= 15 is 0 Å². The maximum absolute atomic E-state index is 5.10. The summed E-state index contributed by atoms with van der Waals surface area (Å²) >= 11 is 0. The van der Waals surface area contributed by atoms with Crippen molar-refractivity contribution in [3.63, 3.8) is 0 Å². The Labute approximate surface area is 53.0 Å². The van der Waals surface area contributed by atoms with E-state index < -0.39 is 0 Å². The molecule has 1 rings (SSSR count). The number of hydrazine groups is 1. The first-order valence-corrected chi connectivity index (χ1v) is 2.45. The van der Waals surface area contributed by atoms with Crippen LogP contribution in [0.1, 0.15) is 0 Å². The second-order valence-electron chi connectivity index (χ2n) is 1.51. The molecule has 0 heterocycles. The van der Waals surface area contributed by atoms with E-state index in [1.807, 2.05) is 30.3 Å². The SMILES string of the molecule is F.NNc1ccccc1. The Kier molecular flexibility index (Phi) is 3.39. The number of nitrogens with two attached hydrogens (primary N) is 1. The minimum absolute atomic E-state index is 0. The summed E-state index contributed by atoms with van der Waals surface area (Å²) in [7, 11) is 0. The summed E-state index contributed by atoms with van der Waals surface area (Å²) in [6.07, 6.45) is 0. The number of rotatable bonds is 1. The smallest absolute Gasteiger partial charge is 0.0485 e. The molecule has 0 unspecified atom stereocenters. The van der Waals surface area contributed by atoms with Crippen molar-refractivity contribution in [2.45, 2.75) is 0 Å². The van der Waals surface area contributed by atoms with E-state index in [-0.39, 0.29) is 4.70 Å². The van der Waals surface area contributed by atoms with Gasteiger partial charge in [0.15, 0.2) is 0 Å². The summed E-state index contributed by atoms with van der Waals surface area (Å²) in [6.45, 7) is 0. The Morgan fingerprint density at radius 3 is 2.00 bits per heavy atom. The second-order valence-corrected chi connectivity index (χ2v) is 1.51. The predicted molar refractivity (Wildman–Crippen MR) is 36.8 cm³/mol. The maximum atomic E-state index is 5.10. The first-order chi connectivity index (χ1) is 3.93. The average molecular weight is 128 g/mol. The Bertz CT molecular complexity index is 152. The molecule has 2 nitrogen and oxygen atoms in total. The first-order valence-electron chi connectivity index (χ1n) is 2.45. The van der Waals surface area contributed by atoms with Crippen LogP contribution in [0.25, 0.3) is 0 Å². The van der Waals surface area contributed by atoms with E-state index in [1.54, 1.807) is 0 Å². The lowest BCUT2D eigenvalue weighted by atomic mass is 10.3. The van der Waals surface area contributed by atoms with E-state index in [0.29, 0.717) is 0 Å². The largest absolute Gasteiger partial charge is 0.324 e. The van der Waals surface area contributed by atoms with Crippen molar-refractivity contribution >= 4 is 5.69 Å². The average Bonchev–Trinajstić information content (AvgIpc) is 1.90. The summed E-state index contributed by atoms with van der Waals surface area (Å²) in [5.74, 6) is 5.10. The van der Waals surface area contributed by atoms with Crippen molar-refractivity contribution < 1.29 is 4.70 Å². The van der Waals surface area contributed by atoms with Gasteiger partial charge in [-0.3, -0.25) is 10.5 Å². The molecular formula is C6H9FN2. The Morgan fingerprint density at radius 2 is 1.67 bits per heavy atom. The molecule has 0 fully saturated rings. The van der Waals surface area contributed by atoms with E-state index in [1.165, 1.54) is 0 Å². The van der Waals surface area contributed by atoms with Gasteiger partial charge in [-0.15, -0.1) is 0 Å². The highest BCUT2D eigenvalue weighted by molar-refractivity contribution is 5.40. The third kappa shape index (κ3) is 2.10. The predicted octanol–water partition coefficient (Wildman–Crippen LogP) is 1.12. The topological polar surface area (TPSA) is 38.0 Å². The summed E-state index contributed by atoms with van der Waals surface area (Å²) < 4.78 is 0. The molecular weight excluding hydrogens is 119 g/mol. The van der Waals surface area contributed by atoms with Crippen LogP contribution in [0.4, 0.5) is 10.4 Å². The van der Waals surface area contributed by atoms with Crippen molar-refractivity contribution in [3.8, 4) is 0 Å². The minimum atomic E-state index is 0. The molecule has 9 heavy (non-hydrogen) atoms.